The normalized spacial score (nSPS) is 39.4. The van der Waals surface area contributed by atoms with Crippen LogP contribution in [0.4, 0.5) is 0 Å². The lowest BCUT2D eigenvalue weighted by molar-refractivity contribution is -0.149. The first-order valence-corrected chi connectivity index (χ1v) is 4.82. The van der Waals surface area contributed by atoms with E-state index in [2.05, 4.69) is 0 Å². The zero-order chi connectivity index (χ0) is 10.5. The Morgan fingerprint density at radius 1 is 1.57 bits per heavy atom. The summed E-state index contributed by atoms with van der Waals surface area (Å²) in [7, 11) is 0. The molecule has 0 bridgehead atoms. The van der Waals surface area contributed by atoms with Gasteiger partial charge in [-0.3, -0.25) is 4.79 Å². The predicted molar refractivity (Wildman–Crippen MR) is 48.4 cm³/mol. The van der Waals surface area contributed by atoms with Crippen LogP contribution in [0.5, 0.6) is 0 Å². The highest BCUT2D eigenvalue weighted by Crippen LogP contribution is 2.52. The third-order valence-corrected chi connectivity index (χ3v) is 3.41. The monoisotopic (exact) mass is 198 g/mol. The SMILES string of the molecule is C[C@H]1C2CC(C(=O)O)N(C(=O)CN)C21. The molecule has 2 rings (SSSR count). The smallest absolute Gasteiger partial charge is 0.326 e. The van der Waals surface area contributed by atoms with E-state index in [4.69, 9.17) is 10.8 Å². The molecule has 1 saturated carbocycles. The molecule has 0 aromatic rings. The number of carboxylic acids is 1. The highest BCUT2D eigenvalue weighted by molar-refractivity contribution is 5.86. The van der Waals surface area contributed by atoms with Crippen molar-refractivity contribution >= 4 is 11.9 Å². The Morgan fingerprint density at radius 3 is 2.71 bits per heavy atom. The molecule has 0 aromatic carbocycles. The van der Waals surface area contributed by atoms with Gasteiger partial charge in [0, 0.05) is 6.04 Å². The molecule has 1 saturated heterocycles. The average Bonchev–Trinajstić information content (AvgIpc) is 2.65. The van der Waals surface area contributed by atoms with Crippen LogP contribution in [-0.2, 0) is 9.59 Å². The van der Waals surface area contributed by atoms with Crippen LogP contribution in [0, 0.1) is 11.8 Å². The lowest BCUT2D eigenvalue weighted by Crippen LogP contribution is -2.46. The molecule has 14 heavy (non-hydrogen) atoms. The van der Waals surface area contributed by atoms with E-state index in [0.29, 0.717) is 18.3 Å². The largest absolute Gasteiger partial charge is 0.480 e. The summed E-state index contributed by atoms with van der Waals surface area (Å²) in [5.74, 6) is -0.326. The van der Waals surface area contributed by atoms with Crippen molar-refractivity contribution in [2.24, 2.45) is 17.6 Å². The first kappa shape index (κ1) is 9.45. The van der Waals surface area contributed by atoms with Crippen molar-refractivity contribution in [2.75, 3.05) is 6.54 Å². The Morgan fingerprint density at radius 2 is 2.21 bits per heavy atom. The number of amides is 1. The Bertz CT molecular complexity index is 292. The van der Waals surface area contributed by atoms with E-state index >= 15 is 0 Å². The molecule has 1 amide bonds. The minimum atomic E-state index is -0.911. The number of nitrogens with two attached hydrogens (primary N) is 1. The molecule has 3 unspecified atom stereocenters. The van der Waals surface area contributed by atoms with Gasteiger partial charge < -0.3 is 15.7 Å². The predicted octanol–water partition coefficient (Wildman–Crippen LogP) is -0.735. The fourth-order valence-corrected chi connectivity index (χ4v) is 2.58. The molecule has 1 aliphatic carbocycles. The quantitative estimate of drug-likeness (QED) is 0.612. The number of carbonyl (C=O) groups is 2. The van der Waals surface area contributed by atoms with Crippen molar-refractivity contribution in [3.63, 3.8) is 0 Å². The van der Waals surface area contributed by atoms with Crippen molar-refractivity contribution in [1.29, 1.82) is 0 Å². The first-order valence-electron chi connectivity index (χ1n) is 4.82. The van der Waals surface area contributed by atoms with Crippen molar-refractivity contribution in [2.45, 2.75) is 25.4 Å². The molecule has 78 valence electrons. The molecule has 1 heterocycles. The van der Waals surface area contributed by atoms with E-state index in [9.17, 15) is 9.59 Å². The van der Waals surface area contributed by atoms with Crippen molar-refractivity contribution in [1.82, 2.24) is 4.90 Å². The summed E-state index contributed by atoms with van der Waals surface area (Å²) in [5, 5.41) is 8.92. The van der Waals surface area contributed by atoms with Crippen LogP contribution in [0.1, 0.15) is 13.3 Å². The molecular formula is C9H14N2O3. The van der Waals surface area contributed by atoms with Crippen LogP contribution < -0.4 is 5.73 Å². The van der Waals surface area contributed by atoms with E-state index in [1.165, 1.54) is 4.90 Å². The van der Waals surface area contributed by atoms with Gasteiger partial charge >= 0.3 is 5.97 Å². The Balaban J connectivity index is 2.16. The van der Waals surface area contributed by atoms with E-state index in [0.717, 1.165) is 0 Å². The second-order valence-electron chi connectivity index (χ2n) is 4.11. The minimum Gasteiger partial charge on any atom is -0.480 e. The van der Waals surface area contributed by atoms with Crippen LogP contribution in [0.25, 0.3) is 0 Å². The Kier molecular flexibility index (Phi) is 1.99. The van der Waals surface area contributed by atoms with Crippen molar-refractivity contribution < 1.29 is 14.7 Å². The molecular weight excluding hydrogens is 184 g/mol. The number of nitrogens with zero attached hydrogens (tertiary/aromatic N) is 1. The summed E-state index contributed by atoms with van der Waals surface area (Å²) in [4.78, 5) is 23.8. The number of fused-ring (bicyclic) bond motifs is 1. The second kappa shape index (κ2) is 2.95. The third-order valence-electron chi connectivity index (χ3n) is 3.41. The third kappa shape index (κ3) is 1.12. The number of piperidine rings is 1. The van der Waals surface area contributed by atoms with Crippen LogP contribution in [0.2, 0.25) is 0 Å². The Labute approximate surface area is 81.9 Å². The number of likely N-dealkylation sites (tertiary alicyclic amines) is 1. The lowest BCUT2D eigenvalue weighted by Gasteiger charge is -2.24. The van der Waals surface area contributed by atoms with Gasteiger partial charge in [-0.15, -0.1) is 0 Å². The van der Waals surface area contributed by atoms with Gasteiger partial charge in [-0.05, 0) is 18.3 Å². The number of hydrogen-bond acceptors (Lipinski definition) is 3. The van der Waals surface area contributed by atoms with Gasteiger partial charge in [-0.25, -0.2) is 4.79 Å². The van der Waals surface area contributed by atoms with Gasteiger partial charge in [-0.2, -0.15) is 0 Å². The van der Waals surface area contributed by atoms with Crippen molar-refractivity contribution in [3.8, 4) is 0 Å². The van der Waals surface area contributed by atoms with Crippen LogP contribution in [-0.4, -0.2) is 40.5 Å². The van der Waals surface area contributed by atoms with Gasteiger partial charge in [0.05, 0.1) is 6.54 Å². The number of hydrogen-bond donors (Lipinski definition) is 2. The number of carbonyl (C=O) groups excluding carboxylic acids is 1. The summed E-state index contributed by atoms with van der Waals surface area (Å²) in [5.41, 5.74) is 5.26. The number of carboxylic acid groups (broad SMARTS) is 1. The fraction of sp³-hybridized carbons (Fsp3) is 0.778. The van der Waals surface area contributed by atoms with Gasteiger partial charge in [0.15, 0.2) is 0 Å². The van der Waals surface area contributed by atoms with E-state index in [1.54, 1.807) is 0 Å². The zero-order valence-corrected chi connectivity index (χ0v) is 8.01. The molecule has 0 aromatic heterocycles. The topological polar surface area (TPSA) is 83.6 Å². The first-order chi connectivity index (χ1) is 6.57. The summed E-state index contributed by atoms with van der Waals surface area (Å²) in [6, 6.07) is -0.510. The molecule has 5 nitrogen and oxygen atoms in total. The molecule has 0 spiro atoms. The highest BCUT2D eigenvalue weighted by Gasteiger charge is 2.61. The molecule has 3 N–H and O–H groups in total. The van der Waals surface area contributed by atoms with Crippen LogP contribution in [0.3, 0.4) is 0 Å². The fourth-order valence-electron chi connectivity index (χ4n) is 2.58. The second-order valence-corrected chi connectivity index (χ2v) is 4.11. The number of aliphatic carboxylic acids is 1. The highest BCUT2D eigenvalue weighted by atomic mass is 16.4. The van der Waals surface area contributed by atoms with Crippen LogP contribution in [0.15, 0.2) is 0 Å². The average molecular weight is 198 g/mol. The van der Waals surface area contributed by atoms with Crippen molar-refractivity contribution in [3.05, 3.63) is 0 Å². The van der Waals surface area contributed by atoms with Gasteiger partial charge in [0.2, 0.25) is 5.91 Å². The zero-order valence-electron chi connectivity index (χ0n) is 8.01. The molecule has 4 atom stereocenters. The summed E-state index contributed by atoms with van der Waals surface area (Å²) in [6.45, 7) is 1.95. The maximum Gasteiger partial charge on any atom is 0.326 e. The van der Waals surface area contributed by atoms with Gasteiger partial charge in [0.1, 0.15) is 6.04 Å². The van der Waals surface area contributed by atoms with Gasteiger partial charge in [0.25, 0.3) is 0 Å². The van der Waals surface area contributed by atoms with E-state index < -0.39 is 12.0 Å². The molecule has 0 radical (unpaired) electrons. The van der Waals surface area contributed by atoms with E-state index in [-0.39, 0.29) is 18.5 Å². The van der Waals surface area contributed by atoms with Gasteiger partial charge in [-0.1, -0.05) is 6.92 Å². The maximum absolute atomic E-state index is 11.4. The molecule has 2 aliphatic rings. The maximum atomic E-state index is 11.4. The summed E-state index contributed by atoms with van der Waals surface area (Å²) < 4.78 is 0. The Hall–Kier alpha value is -1.10. The van der Waals surface area contributed by atoms with Crippen LogP contribution >= 0.6 is 0 Å². The summed E-state index contributed by atoms with van der Waals surface area (Å²) in [6.07, 6.45) is 0.590. The summed E-state index contributed by atoms with van der Waals surface area (Å²) >= 11 is 0. The molecule has 2 fully saturated rings. The molecule has 1 aliphatic heterocycles. The standard InChI is InChI=1S/C9H14N2O3/c1-4-5-2-6(9(13)14)11(8(4)5)7(12)3-10/h4-6,8H,2-3,10H2,1H3,(H,13,14)/t4-,5?,6?,8?/m0/s1. The number of rotatable bonds is 2. The minimum absolute atomic E-state index is 0.0975. The van der Waals surface area contributed by atoms with E-state index in [1.807, 2.05) is 6.92 Å². The molecule has 5 heteroatoms. The lowest BCUT2D eigenvalue weighted by atomic mass is 10.1.